The van der Waals surface area contributed by atoms with Gasteiger partial charge in [-0.2, -0.15) is 0 Å². The predicted octanol–water partition coefficient (Wildman–Crippen LogP) is 2.16. The molecular weight excluding hydrogens is 284 g/mol. The first-order valence-corrected chi connectivity index (χ1v) is 7.32. The number of pyridine rings is 1. The Kier molecular flexibility index (Phi) is 4.11. The molecule has 0 aliphatic carbocycles. The molecule has 2 aromatic rings. The molecule has 6 heteroatoms. The highest BCUT2D eigenvalue weighted by atomic mass is 16.5. The van der Waals surface area contributed by atoms with E-state index in [1.807, 2.05) is 19.1 Å². The zero-order valence-corrected chi connectivity index (χ0v) is 12.4. The summed E-state index contributed by atoms with van der Waals surface area (Å²) in [5, 5.41) is 9.85. The van der Waals surface area contributed by atoms with E-state index in [0.29, 0.717) is 25.5 Å². The van der Waals surface area contributed by atoms with Gasteiger partial charge in [0.15, 0.2) is 5.69 Å². The van der Waals surface area contributed by atoms with Gasteiger partial charge in [-0.15, -0.1) is 0 Å². The van der Waals surface area contributed by atoms with Crippen LogP contribution in [0.15, 0.2) is 34.9 Å². The summed E-state index contributed by atoms with van der Waals surface area (Å²) in [4.78, 5) is 18.3. The largest absolute Gasteiger partial charge is 0.505 e. The highest BCUT2D eigenvalue weighted by Crippen LogP contribution is 2.28. The third-order valence-electron chi connectivity index (χ3n) is 3.74. The summed E-state index contributed by atoms with van der Waals surface area (Å²) in [7, 11) is 0. The number of morpholine rings is 1. The number of aromatic nitrogens is 1. The van der Waals surface area contributed by atoms with Crippen molar-refractivity contribution in [1.82, 2.24) is 9.88 Å². The average molecular weight is 302 g/mol. The van der Waals surface area contributed by atoms with E-state index in [4.69, 9.17) is 9.15 Å². The first-order valence-electron chi connectivity index (χ1n) is 7.32. The molecule has 1 saturated heterocycles. The Morgan fingerprint density at radius 1 is 1.45 bits per heavy atom. The second-order valence-corrected chi connectivity index (χ2v) is 5.12. The lowest BCUT2D eigenvalue weighted by atomic mass is 10.1. The minimum atomic E-state index is -0.319. The van der Waals surface area contributed by atoms with E-state index < -0.39 is 0 Å². The van der Waals surface area contributed by atoms with E-state index in [0.717, 1.165) is 12.2 Å². The van der Waals surface area contributed by atoms with Crippen LogP contribution in [0.4, 0.5) is 0 Å². The Balaban J connectivity index is 1.89. The quantitative estimate of drug-likeness (QED) is 0.940. The number of aryl methyl sites for hydroxylation is 1. The minimum absolute atomic E-state index is 0.0525. The SMILES string of the molecule is CCc1ccc([C@@H]2COCCN2C(=O)c2ncccc2O)o1. The molecule has 1 fully saturated rings. The molecule has 3 rings (SSSR count). The van der Waals surface area contributed by atoms with Gasteiger partial charge < -0.3 is 19.2 Å². The fraction of sp³-hybridized carbons (Fsp3) is 0.375. The van der Waals surface area contributed by atoms with Crippen molar-refractivity contribution in [3.05, 3.63) is 47.7 Å². The van der Waals surface area contributed by atoms with Crippen LogP contribution in [-0.4, -0.2) is 40.7 Å². The molecule has 1 atom stereocenters. The van der Waals surface area contributed by atoms with Gasteiger partial charge in [-0.3, -0.25) is 4.79 Å². The zero-order valence-electron chi connectivity index (χ0n) is 12.4. The standard InChI is InChI=1S/C16H18N2O4/c1-2-11-5-6-14(22-11)12-10-21-9-8-18(12)16(20)15-13(19)4-3-7-17-15/h3-7,12,19H,2,8-10H2,1H3/t12-/m0/s1. The number of rotatable bonds is 3. The van der Waals surface area contributed by atoms with Crippen LogP contribution in [0.2, 0.25) is 0 Å². The van der Waals surface area contributed by atoms with E-state index in [9.17, 15) is 9.90 Å². The summed E-state index contributed by atoms with van der Waals surface area (Å²) in [5.74, 6) is 1.13. The first-order chi connectivity index (χ1) is 10.7. The monoisotopic (exact) mass is 302 g/mol. The first kappa shape index (κ1) is 14.6. The Morgan fingerprint density at radius 2 is 2.32 bits per heavy atom. The molecule has 1 aliphatic heterocycles. The topological polar surface area (TPSA) is 75.8 Å². The maximum atomic E-state index is 12.7. The zero-order chi connectivity index (χ0) is 15.5. The van der Waals surface area contributed by atoms with E-state index >= 15 is 0 Å². The van der Waals surface area contributed by atoms with Crippen molar-refractivity contribution < 1.29 is 19.1 Å². The molecule has 1 aliphatic rings. The molecule has 2 aromatic heterocycles. The number of carbonyl (C=O) groups is 1. The van der Waals surface area contributed by atoms with Crippen molar-refractivity contribution in [2.24, 2.45) is 0 Å². The number of hydrogen-bond donors (Lipinski definition) is 1. The smallest absolute Gasteiger partial charge is 0.277 e. The average Bonchev–Trinajstić information content (AvgIpc) is 3.04. The lowest BCUT2D eigenvalue weighted by molar-refractivity contribution is -0.00945. The Hall–Kier alpha value is -2.34. The van der Waals surface area contributed by atoms with Crippen LogP contribution in [0.25, 0.3) is 0 Å². The van der Waals surface area contributed by atoms with Gasteiger partial charge in [0.2, 0.25) is 0 Å². The highest BCUT2D eigenvalue weighted by molar-refractivity contribution is 5.95. The van der Waals surface area contributed by atoms with Crippen LogP contribution in [0.1, 0.15) is 35.0 Å². The van der Waals surface area contributed by atoms with E-state index in [2.05, 4.69) is 4.98 Å². The number of carbonyl (C=O) groups excluding carboxylic acids is 1. The number of hydrogen-bond acceptors (Lipinski definition) is 5. The fourth-order valence-corrected chi connectivity index (χ4v) is 2.54. The maximum Gasteiger partial charge on any atom is 0.277 e. The van der Waals surface area contributed by atoms with Crippen molar-refractivity contribution >= 4 is 5.91 Å². The summed E-state index contributed by atoms with van der Waals surface area (Å²) < 4.78 is 11.3. The Bertz CT molecular complexity index is 668. The molecule has 6 nitrogen and oxygen atoms in total. The van der Waals surface area contributed by atoms with Gasteiger partial charge in [-0.25, -0.2) is 4.98 Å². The number of amides is 1. The second-order valence-electron chi connectivity index (χ2n) is 5.12. The van der Waals surface area contributed by atoms with Gasteiger partial charge in [-0.1, -0.05) is 6.92 Å². The molecule has 116 valence electrons. The summed E-state index contributed by atoms with van der Waals surface area (Å²) in [6, 6.07) is 6.52. The Morgan fingerprint density at radius 3 is 3.05 bits per heavy atom. The van der Waals surface area contributed by atoms with Gasteiger partial charge in [0, 0.05) is 19.2 Å². The predicted molar refractivity (Wildman–Crippen MR) is 78.6 cm³/mol. The van der Waals surface area contributed by atoms with E-state index in [1.54, 1.807) is 11.0 Å². The van der Waals surface area contributed by atoms with Gasteiger partial charge in [-0.05, 0) is 24.3 Å². The molecule has 0 unspecified atom stereocenters. The maximum absolute atomic E-state index is 12.7. The van der Waals surface area contributed by atoms with Crippen molar-refractivity contribution in [3.8, 4) is 5.75 Å². The van der Waals surface area contributed by atoms with Gasteiger partial charge in [0.1, 0.15) is 23.3 Å². The molecule has 1 N–H and O–H groups in total. The molecular formula is C16H18N2O4. The Labute approximate surface area is 128 Å². The summed E-state index contributed by atoms with van der Waals surface area (Å²) in [6.07, 6.45) is 2.28. The van der Waals surface area contributed by atoms with Crippen LogP contribution in [0.5, 0.6) is 5.75 Å². The van der Waals surface area contributed by atoms with Gasteiger partial charge >= 0.3 is 0 Å². The molecule has 0 radical (unpaired) electrons. The van der Waals surface area contributed by atoms with Crippen molar-refractivity contribution in [2.75, 3.05) is 19.8 Å². The molecule has 0 spiro atoms. The third kappa shape index (κ3) is 2.69. The molecule has 3 heterocycles. The van der Waals surface area contributed by atoms with E-state index in [1.165, 1.54) is 12.3 Å². The minimum Gasteiger partial charge on any atom is -0.505 e. The summed E-state index contributed by atoms with van der Waals surface area (Å²) in [5.41, 5.74) is 0.0525. The second kappa shape index (κ2) is 6.19. The van der Waals surface area contributed by atoms with Crippen molar-refractivity contribution in [2.45, 2.75) is 19.4 Å². The van der Waals surface area contributed by atoms with Crippen LogP contribution in [0.3, 0.4) is 0 Å². The number of ether oxygens (including phenoxy) is 1. The fourth-order valence-electron chi connectivity index (χ4n) is 2.54. The number of nitrogens with zero attached hydrogens (tertiary/aromatic N) is 2. The molecule has 1 amide bonds. The normalized spacial score (nSPS) is 18.4. The lowest BCUT2D eigenvalue weighted by Gasteiger charge is -2.34. The molecule has 0 bridgehead atoms. The van der Waals surface area contributed by atoms with Gasteiger partial charge in [0.25, 0.3) is 5.91 Å². The highest BCUT2D eigenvalue weighted by Gasteiger charge is 2.33. The summed E-state index contributed by atoms with van der Waals surface area (Å²) in [6.45, 7) is 3.27. The van der Waals surface area contributed by atoms with Crippen LogP contribution in [-0.2, 0) is 11.2 Å². The van der Waals surface area contributed by atoms with Crippen LogP contribution < -0.4 is 0 Å². The number of aromatic hydroxyl groups is 1. The summed E-state index contributed by atoms with van der Waals surface area (Å²) >= 11 is 0. The van der Waals surface area contributed by atoms with Crippen molar-refractivity contribution in [3.63, 3.8) is 0 Å². The third-order valence-corrected chi connectivity index (χ3v) is 3.74. The molecule has 22 heavy (non-hydrogen) atoms. The molecule has 0 saturated carbocycles. The van der Waals surface area contributed by atoms with Gasteiger partial charge in [0.05, 0.1) is 13.2 Å². The van der Waals surface area contributed by atoms with Crippen LogP contribution in [0, 0.1) is 0 Å². The molecule has 0 aromatic carbocycles. The number of furan rings is 1. The lowest BCUT2D eigenvalue weighted by Crippen LogP contribution is -2.43. The van der Waals surface area contributed by atoms with Crippen molar-refractivity contribution in [1.29, 1.82) is 0 Å². The van der Waals surface area contributed by atoms with Crippen LogP contribution >= 0.6 is 0 Å². The van der Waals surface area contributed by atoms with E-state index in [-0.39, 0.29) is 23.4 Å².